The maximum atomic E-state index is 12.0. The lowest BCUT2D eigenvalue weighted by molar-refractivity contribution is 0.128. The quantitative estimate of drug-likeness (QED) is 0.857. The molecule has 1 aromatic rings. The van der Waals surface area contributed by atoms with E-state index >= 15 is 0 Å². The first-order valence-electron chi connectivity index (χ1n) is 3.98. The van der Waals surface area contributed by atoms with E-state index in [0.717, 1.165) is 0 Å². The van der Waals surface area contributed by atoms with Gasteiger partial charge in [0.2, 0.25) is 6.43 Å². The average molecular weight is 240 g/mol. The molecule has 1 nitrogen and oxygen atoms in total. The predicted molar refractivity (Wildman–Crippen MR) is 54.0 cm³/mol. The van der Waals surface area contributed by atoms with Crippen LogP contribution in [0.2, 0.25) is 10.0 Å². The molecule has 2 N–H and O–H groups in total. The van der Waals surface area contributed by atoms with Gasteiger partial charge < -0.3 is 5.73 Å². The first-order chi connectivity index (χ1) is 6.49. The van der Waals surface area contributed by atoms with Crippen LogP contribution < -0.4 is 5.73 Å². The molecule has 14 heavy (non-hydrogen) atoms. The van der Waals surface area contributed by atoms with E-state index in [1.165, 1.54) is 6.07 Å². The number of hydrogen-bond donors (Lipinski definition) is 1. The Hall–Kier alpha value is -0.380. The van der Waals surface area contributed by atoms with Gasteiger partial charge in [0.05, 0.1) is 0 Å². The molecule has 1 rings (SSSR count). The first-order valence-corrected chi connectivity index (χ1v) is 4.74. The molecule has 5 heteroatoms. The first kappa shape index (κ1) is 11.7. The number of halogens is 4. The summed E-state index contributed by atoms with van der Waals surface area (Å²) < 4.78 is 24.1. The normalized spacial score (nSPS) is 13.3. The van der Waals surface area contributed by atoms with Gasteiger partial charge in [0.25, 0.3) is 0 Å². The maximum absolute atomic E-state index is 12.0. The highest BCUT2D eigenvalue weighted by Crippen LogP contribution is 2.25. The van der Waals surface area contributed by atoms with E-state index < -0.39 is 18.9 Å². The monoisotopic (exact) mass is 239 g/mol. The molecule has 0 aliphatic carbocycles. The molecule has 0 heterocycles. The fourth-order valence-corrected chi connectivity index (χ4v) is 1.66. The van der Waals surface area contributed by atoms with Crippen molar-refractivity contribution in [3.63, 3.8) is 0 Å². The summed E-state index contributed by atoms with van der Waals surface area (Å²) in [6, 6.07) is 3.88. The van der Waals surface area contributed by atoms with Crippen molar-refractivity contribution in [1.82, 2.24) is 0 Å². The molecule has 1 aromatic carbocycles. The Labute approximate surface area is 90.8 Å². The minimum absolute atomic E-state index is 0.392. The Morgan fingerprint density at radius 1 is 1.14 bits per heavy atom. The summed E-state index contributed by atoms with van der Waals surface area (Å²) in [5.74, 6) is 0. The topological polar surface area (TPSA) is 26.0 Å². The van der Waals surface area contributed by atoms with Gasteiger partial charge in [-0.3, -0.25) is 0 Å². The van der Waals surface area contributed by atoms with Crippen molar-refractivity contribution in [3.8, 4) is 0 Å². The maximum Gasteiger partial charge on any atom is 0.240 e. The van der Waals surface area contributed by atoms with Crippen LogP contribution in [-0.4, -0.2) is 6.43 Å². The van der Waals surface area contributed by atoms with Crippen LogP contribution in [0.3, 0.4) is 0 Å². The van der Waals surface area contributed by atoms with Crippen molar-refractivity contribution in [1.29, 1.82) is 0 Å². The lowest BCUT2D eigenvalue weighted by Gasteiger charge is -2.11. The smallest absolute Gasteiger partial charge is 0.240 e. The van der Waals surface area contributed by atoms with Gasteiger partial charge >= 0.3 is 0 Å². The summed E-state index contributed by atoms with van der Waals surface area (Å²) in [7, 11) is 0. The van der Waals surface area contributed by atoms with E-state index in [9.17, 15) is 8.78 Å². The van der Waals surface area contributed by atoms with Crippen LogP contribution in [0.1, 0.15) is 18.0 Å². The number of nitrogens with two attached hydrogens (primary N) is 1. The second kappa shape index (κ2) is 4.91. The van der Waals surface area contributed by atoms with Gasteiger partial charge in [-0.1, -0.05) is 23.2 Å². The lowest BCUT2D eigenvalue weighted by Crippen LogP contribution is -2.13. The zero-order valence-electron chi connectivity index (χ0n) is 7.18. The molecule has 0 fully saturated rings. The molecule has 0 saturated carbocycles. The molecule has 0 spiro atoms. The van der Waals surface area contributed by atoms with Crippen LogP contribution in [0, 0.1) is 0 Å². The van der Waals surface area contributed by atoms with E-state index in [-0.39, 0.29) is 0 Å². The molecule has 0 aliphatic heterocycles. The van der Waals surface area contributed by atoms with E-state index in [2.05, 4.69) is 0 Å². The van der Waals surface area contributed by atoms with Gasteiger partial charge in [-0.2, -0.15) is 0 Å². The van der Waals surface area contributed by atoms with E-state index in [1.54, 1.807) is 12.1 Å². The van der Waals surface area contributed by atoms with Gasteiger partial charge in [0.1, 0.15) is 0 Å². The number of rotatable bonds is 3. The van der Waals surface area contributed by atoms with Crippen LogP contribution in [0.5, 0.6) is 0 Å². The van der Waals surface area contributed by atoms with E-state index in [0.29, 0.717) is 15.6 Å². The van der Waals surface area contributed by atoms with Crippen LogP contribution in [0.15, 0.2) is 18.2 Å². The Kier molecular flexibility index (Phi) is 4.11. The lowest BCUT2D eigenvalue weighted by atomic mass is 10.1. The number of alkyl halides is 2. The summed E-state index contributed by atoms with van der Waals surface area (Å²) in [5.41, 5.74) is 6.07. The van der Waals surface area contributed by atoms with Crippen LogP contribution in [0.4, 0.5) is 8.78 Å². The Morgan fingerprint density at radius 2 is 1.64 bits per heavy atom. The zero-order chi connectivity index (χ0) is 10.7. The Morgan fingerprint density at radius 3 is 2.07 bits per heavy atom. The zero-order valence-corrected chi connectivity index (χ0v) is 8.69. The highest BCUT2D eigenvalue weighted by molar-refractivity contribution is 6.34. The summed E-state index contributed by atoms with van der Waals surface area (Å²) in [6.07, 6.45) is -2.82. The molecular formula is C9H9Cl2F2N. The molecule has 0 aromatic heterocycles. The highest BCUT2D eigenvalue weighted by Gasteiger charge is 2.13. The van der Waals surface area contributed by atoms with Crippen LogP contribution >= 0.6 is 23.2 Å². The van der Waals surface area contributed by atoms with Crippen molar-refractivity contribution in [2.24, 2.45) is 5.73 Å². The van der Waals surface area contributed by atoms with Gasteiger partial charge in [-0.05, 0) is 23.8 Å². The third kappa shape index (κ3) is 3.40. The van der Waals surface area contributed by atoms with Crippen molar-refractivity contribution < 1.29 is 8.78 Å². The molecule has 0 amide bonds. The third-order valence-electron chi connectivity index (χ3n) is 1.75. The minimum atomic E-state index is -2.43. The fourth-order valence-electron chi connectivity index (χ4n) is 1.12. The molecule has 1 atom stereocenters. The summed E-state index contributed by atoms with van der Waals surface area (Å²) in [6.45, 7) is 0. The van der Waals surface area contributed by atoms with E-state index in [1.807, 2.05) is 0 Å². The standard InChI is InChI=1S/C9H9Cl2F2N/c10-6-1-5(2-7(11)3-6)8(14)4-9(12)13/h1-3,8-9H,4,14H2/t8-/m1/s1. The second-order valence-corrected chi connectivity index (χ2v) is 3.81. The second-order valence-electron chi connectivity index (χ2n) is 2.94. The predicted octanol–water partition coefficient (Wildman–Crippen LogP) is 3.65. The molecule has 78 valence electrons. The Bertz CT molecular complexity index is 297. The summed E-state index contributed by atoms with van der Waals surface area (Å²) in [4.78, 5) is 0. The molecular weight excluding hydrogens is 231 g/mol. The van der Waals surface area contributed by atoms with Gasteiger partial charge in [0, 0.05) is 22.5 Å². The van der Waals surface area contributed by atoms with Crippen LogP contribution in [-0.2, 0) is 0 Å². The SMILES string of the molecule is N[C@H](CC(F)F)c1cc(Cl)cc(Cl)c1. The van der Waals surface area contributed by atoms with Gasteiger partial charge in [-0.25, -0.2) is 8.78 Å². The summed E-state index contributed by atoms with van der Waals surface area (Å²) in [5, 5.41) is 0.800. The van der Waals surface area contributed by atoms with Crippen LogP contribution in [0.25, 0.3) is 0 Å². The van der Waals surface area contributed by atoms with Gasteiger partial charge in [0.15, 0.2) is 0 Å². The average Bonchev–Trinajstić information content (AvgIpc) is 2.00. The summed E-state index contributed by atoms with van der Waals surface area (Å²) >= 11 is 11.4. The number of hydrogen-bond acceptors (Lipinski definition) is 1. The van der Waals surface area contributed by atoms with Crippen molar-refractivity contribution >= 4 is 23.2 Å². The molecule has 0 bridgehead atoms. The Balaban J connectivity index is 2.84. The molecule has 0 unspecified atom stereocenters. The van der Waals surface area contributed by atoms with Crippen molar-refractivity contribution in [2.75, 3.05) is 0 Å². The van der Waals surface area contributed by atoms with E-state index in [4.69, 9.17) is 28.9 Å². The number of benzene rings is 1. The largest absolute Gasteiger partial charge is 0.324 e. The molecule has 0 radical (unpaired) electrons. The fraction of sp³-hybridized carbons (Fsp3) is 0.333. The molecule has 0 aliphatic rings. The van der Waals surface area contributed by atoms with Crippen molar-refractivity contribution in [2.45, 2.75) is 18.9 Å². The van der Waals surface area contributed by atoms with Crippen molar-refractivity contribution in [3.05, 3.63) is 33.8 Å². The molecule has 0 saturated heterocycles. The minimum Gasteiger partial charge on any atom is -0.324 e. The van der Waals surface area contributed by atoms with Gasteiger partial charge in [-0.15, -0.1) is 0 Å². The third-order valence-corrected chi connectivity index (χ3v) is 2.18. The highest BCUT2D eigenvalue weighted by atomic mass is 35.5.